The van der Waals surface area contributed by atoms with Crippen LogP contribution in [0.1, 0.15) is 25.1 Å². The maximum atomic E-state index is 5.79. The van der Waals surface area contributed by atoms with E-state index in [-0.39, 0.29) is 18.4 Å². The smallest absolute Gasteiger partial charge is 0.120 e. The fourth-order valence-corrected chi connectivity index (χ4v) is 0.978. The van der Waals surface area contributed by atoms with E-state index in [1.165, 1.54) is 0 Å². The highest BCUT2D eigenvalue weighted by atomic mass is 35.5. The van der Waals surface area contributed by atoms with Gasteiger partial charge >= 0.3 is 0 Å². The van der Waals surface area contributed by atoms with Gasteiger partial charge in [-0.05, 0) is 25.5 Å². The summed E-state index contributed by atoms with van der Waals surface area (Å²) in [5, 5.41) is 0. The summed E-state index contributed by atoms with van der Waals surface area (Å²) in [6.45, 7) is 5.74. The number of nitrogens with two attached hydrogens (primary N) is 1. The molecule has 0 saturated carbocycles. The van der Waals surface area contributed by atoms with Crippen LogP contribution in [-0.2, 0) is 0 Å². The molecule has 1 aromatic rings. The minimum atomic E-state index is -0.0394. The van der Waals surface area contributed by atoms with E-state index >= 15 is 0 Å². The number of furan rings is 1. The van der Waals surface area contributed by atoms with Crippen molar-refractivity contribution in [3.8, 4) is 0 Å². The molecule has 1 aromatic heterocycles. The monoisotopic (exact) mass is 187 g/mol. The molecule has 2 N–H and O–H groups in total. The van der Waals surface area contributed by atoms with Gasteiger partial charge in [-0.3, -0.25) is 0 Å². The van der Waals surface area contributed by atoms with Crippen LogP contribution in [0.25, 0.3) is 0 Å². The summed E-state index contributed by atoms with van der Waals surface area (Å²) in [6, 6.07) is 3.68. The third kappa shape index (κ3) is 3.11. The Bertz CT molecular complexity index is 231. The third-order valence-corrected chi connectivity index (χ3v) is 1.48. The molecule has 68 valence electrons. The number of hydrogen-bond donors (Lipinski definition) is 1. The van der Waals surface area contributed by atoms with Crippen molar-refractivity contribution in [2.45, 2.75) is 19.4 Å². The minimum Gasteiger partial charge on any atom is -0.468 e. The van der Waals surface area contributed by atoms with Gasteiger partial charge in [0.1, 0.15) is 5.76 Å². The Morgan fingerprint density at radius 1 is 1.75 bits per heavy atom. The predicted molar refractivity (Wildman–Crippen MR) is 52.3 cm³/mol. The Labute approximate surface area is 78.9 Å². The molecule has 1 heterocycles. The van der Waals surface area contributed by atoms with E-state index in [2.05, 4.69) is 6.58 Å². The Hall–Kier alpha value is -0.730. The second kappa shape index (κ2) is 5.01. The van der Waals surface area contributed by atoms with Gasteiger partial charge in [-0.15, -0.1) is 19.0 Å². The highest BCUT2D eigenvalue weighted by molar-refractivity contribution is 5.85. The molecule has 0 unspecified atom stereocenters. The van der Waals surface area contributed by atoms with Crippen LogP contribution in [0.4, 0.5) is 0 Å². The van der Waals surface area contributed by atoms with E-state index < -0.39 is 0 Å². The Kier molecular flexibility index (Phi) is 4.71. The SMILES string of the molecule is C=C(C)C[C@H](N)c1ccco1.Cl. The fourth-order valence-electron chi connectivity index (χ4n) is 0.978. The average molecular weight is 188 g/mol. The first-order valence-electron chi connectivity index (χ1n) is 3.63. The second-order valence-electron chi connectivity index (χ2n) is 2.78. The fraction of sp³-hybridized carbons (Fsp3) is 0.333. The average Bonchev–Trinajstić information content (AvgIpc) is 2.35. The molecule has 0 radical (unpaired) electrons. The van der Waals surface area contributed by atoms with Crippen molar-refractivity contribution >= 4 is 12.4 Å². The van der Waals surface area contributed by atoms with Gasteiger partial charge in [0.05, 0.1) is 12.3 Å². The van der Waals surface area contributed by atoms with Crippen LogP contribution in [0.5, 0.6) is 0 Å². The largest absolute Gasteiger partial charge is 0.468 e. The molecule has 0 spiro atoms. The van der Waals surface area contributed by atoms with Gasteiger partial charge in [-0.2, -0.15) is 0 Å². The van der Waals surface area contributed by atoms with Crippen molar-refractivity contribution in [1.82, 2.24) is 0 Å². The zero-order valence-corrected chi connectivity index (χ0v) is 7.93. The molecular weight excluding hydrogens is 174 g/mol. The Balaban J connectivity index is 0.00000121. The van der Waals surface area contributed by atoms with Crippen molar-refractivity contribution in [3.05, 3.63) is 36.3 Å². The summed E-state index contributed by atoms with van der Waals surface area (Å²) in [5.41, 5.74) is 6.86. The molecule has 0 aliphatic heterocycles. The van der Waals surface area contributed by atoms with Gasteiger partial charge < -0.3 is 10.2 Å². The normalized spacial score (nSPS) is 11.8. The van der Waals surface area contributed by atoms with Gasteiger partial charge in [0.25, 0.3) is 0 Å². The lowest BCUT2D eigenvalue weighted by Gasteiger charge is -2.06. The molecule has 0 amide bonds. The highest BCUT2D eigenvalue weighted by Gasteiger charge is 2.07. The van der Waals surface area contributed by atoms with E-state index in [0.717, 1.165) is 17.8 Å². The minimum absolute atomic E-state index is 0. The Morgan fingerprint density at radius 2 is 2.42 bits per heavy atom. The lowest BCUT2D eigenvalue weighted by molar-refractivity contribution is 0.464. The van der Waals surface area contributed by atoms with Crippen molar-refractivity contribution in [3.63, 3.8) is 0 Å². The van der Waals surface area contributed by atoms with Gasteiger partial charge in [0, 0.05) is 0 Å². The molecule has 12 heavy (non-hydrogen) atoms. The van der Waals surface area contributed by atoms with E-state index in [1.54, 1.807) is 6.26 Å². The van der Waals surface area contributed by atoms with E-state index in [1.807, 2.05) is 19.1 Å². The number of halogens is 1. The summed E-state index contributed by atoms with van der Waals surface area (Å²) in [7, 11) is 0. The van der Waals surface area contributed by atoms with Crippen LogP contribution in [0.15, 0.2) is 35.0 Å². The summed E-state index contributed by atoms with van der Waals surface area (Å²) in [4.78, 5) is 0. The molecule has 0 fully saturated rings. The quantitative estimate of drug-likeness (QED) is 0.739. The molecule has 0 aromatic carbocycles. The molecule has 1 atom stereocenters. The molecule has 0 aliphatic rings. The standard InChI is InChI=1S/C9H13NO.ClH/c1-7(2)6-8(10)9-4-3-5-11-9;/h3-5,8H,1,6,10H2,2H3;1H/t8-;/m0./s1. The van der Waals surface area contributed by atoms with Crippen molar-refractivity contribution in [2.75, 3.05) is 0 Å². The van der Waals surface area contributed by atoms with Gasteiger partial charge in [-0.25, -0.2) is 0 Å². The molecule has 2 nitrogen and oxygen atoms in total. The van der Waals surface area contributed by atoms with Crippen LogP contribution in [0.3, 0.4) is 0 Å². The first-order valence-corrected chi connectivity index (χ1v) is 3.63. The van der Waals surface area contributed by atoms with Crippen LogP contribution < -0.4 is 5.73 Å². The molecule has 0 aliphatic carbocycles. The van der Waals surface area contributed by atoms with E-state index in [4.69, 9.17) is 10.2 Å². The molecule has 1 rings (SSSR count). The van der Waals surface area contributed by atoms with Crippen molar-refractivity contribution in [1.29, 1.82) is 0 Å². The maximum absolute atomic E-state index is 5.79. The molecule has 3 heteroatoms. The third-order valence-electron chi connectivity index (χ3n) is 1.48. The predicted octanol–water partition coefficient (Wildman–Crippen LogP) is 2.67. The lowest BCUT2D eigenvalue weighted by atomic mass is 10.1. The van der Waals surface area contributed by atoms with Crippen LogP contribution >= 0.6 is 12.4 Å². The lowest BCUT2D eigenvalue weighted by Crippen LogP contribution is -2.08. The van der Waals surface area contributed by atoms with Crippen LogP contribution in [0.2, 0.25) is 0 Å². The first kappa shape index (κ1) is 11.3. The van der Waals surface area contributed by atoms with Crippen LogP contribution in [0, 0.1) is 0 Å². The van der Waals surface area contributed by atoms with Crippen molar-refractivity contribution in [2.24, 2.45) is 5.73 Å². The summed E-state index contributed by atoms with van der Waals surface area (Å²) >= 11 is 0. The zero-order chi connectivity index (χ0) is 8.27. The van der Waals surface area contributed by atoms with Gasteiger partial charge in [-0.1, -0.05) is 5.57 Å². The molecule has 0 saturated heterocycles. The summed E-state index contributed by atoms with van der Waals surface area (Å²) < 4.78 is 5.13. The highest BCUT2D eigenvalue weighted by Crippen LogP contribution is 2.17. The number of rotatable bonds is 3. The topological polar surface area (TPSA) is 39.2 Å². The number of hydrogen-bond acceptors (Lipinski definition) is 2. The van der Waals surface area contributed by atoms with E-state index in [0.29, 0.717) is 0 Å². The summed E-state index contributed by atoms with van der Waals surface area (Å²) in [5.74, 6) is 0.827. The summed E-state index contributed by atoms with van der Waals surface area (Å²) in [6.07, 6.45) is 2.42. The first-order chi connectivity index (χ1) is 5.20. The Morgan fingerprint density at radius 3 is 2.83 bits per heavy atom. The maximum Gasteiger partial charge on any atom is 0.120 e. The van der Waals surface area contributed by atoms with Gasteiger partial charge in [0.2, 0.25) is 0 Å². The molecule has 0 bridgehead atoms. The molecular formula is C9H14ClNO. The van der Waals surface area contributed by atoms with Crippen LogP contribution in [-0.4, -0.2) is 0 Å². The van der Waals surface area contributed by atoms with E-state index in [9.17, 15) is 0 Å². The zero-order valence-electron chi connectivity index (χ0n) is 7.12. The van der Waals surface area contributed by atoms with Crippen molar-refractivity contribution < 1.29 is 4.42 Å². The second-order valence-corrected chi connectivity index (χ2v) is 2.78. The van der Waals surface area contributed by atoms with Gasteiger partial charge in [0.15, 0.2) is 0 Å².